The van der Waals surface area contributed by atoms with Gasteiger partial charge in [0.2, 0.25) is 0 Å². The van der Waals surface area contributed by atoms with Gasteiger partial charge in [-0.05, 0) is 124 Å². The summed E-state index contributed by atoms with van der Waals surface area (Å²) in [5.74, 6) is 2.45. The summed E-state index contributed by atoms with van der Waals surface area (Å²) in [6.45, 7) is 15.1. The third-order valence-electron chi connectivity index (χ3n) is 10.3. The van der Waals surface area contributed by atoms with Gasteiger partial charge in [-0.15, -0.1) is 0 Å². The van der Waals surface area contributed by atoms with Crippen LogP contribution in [0.4, 0.5) is 4.39 Å². The van der Waals surface area contributed by atoms with Crippen molar-refractivity contribution in [3.05, 3.63) is 88.5 Å². The van der Waals surface area contributed by atoms with E-state index in [-0.39, 0.29) is 11.8 Å². The van der Waals surface area contributed by atoms with Gasteiger partial charge in [-0.25, -0.2) is 4.39 Å². The van der Waals surface area contributed by atoms with Gasteiger partial charge < -0.3 is 10.1 Å². The van der Waals surface area contributed by atoms with Crippen molar-refractivity contribution in [1.82, 2.24) is 4.98 Å². The molecule has 0 bridgehead atoms. The Bertz CT molecular complexity index is 1360. The number of hydrogen-bond donors (Lipinski definition) is 1. The van der Waals surface area contributed by atoms with Crippen LogP contribution in [0.1, 0.15) is 96.4 Å². The predicted molar refractivity (Wildman–Crippen MR) is 169 cm³/mol. The quantitative estimate of drug-likeness (QED) is 0.356. The topological polar surface area (TPSA) is 46.0 Å². The minimum Gasteiger partial charge on any atom is -0.493 e. The minimum absolute atomic E-state index is 0.185. The number of rotatable bonds is 6. The third-order valence-corrected chi connectivity index (χ3v) is 10.3. The van der Waals surface area contributed by atoms with Crippen molar-refractivity contribution in [3.8, 4) is 0 Å². The van der Waals surface area contributed by atoms with E-state index >= 15 is 0 Å². The molecule has 41 heavy (non-hydrogen) atoms. The Kier molecular flexibility index (Phi) is 8.68. The number of pyridine rings is 1. The first-order chi connectivity index (χ1) is 19.6. The number of fused-ring (bicyclic) bond motifs is 1. The third kappa shape index (κ3) is 6.27. The molecule has 1 saturated carbocycles. The van der Waals surface area contributed by atoms with Crippen LogP contribution in [0, 0.1) is 29.1 Å². The summed E-state index contributed by atoms with van der Waals surface area (Å²) in [6.07, 6.45) is 19.9. The molecule has 1 aromatic heterocycles. The lowest BCUT2D eigenvalue weighted by molar-refractivity contribution is 0.127. The Hall–Kier alpha value is -3.01. The summed E-state index contributed by atoms with van der Waals surface area (Å²) >= 11 is 0. The van der Waals surface area contributed by atoms with E-state index in [4.69, 9.17) is 15.1 Å². The van der Waals surface area contributed by atoms with Crippen LogP contribution in [0.3, 0.4) is 0 Å². The predicted octanol–water partition coefficient (Wildman–Crippen LogP) is 9.78. The summed E-state index contributed by atoms with van der Waals surface area (Å²) in [4.78, 5) is 5.15. The molecule has 0 radical (unpaired) electrons. The van der Waals surface area contributed by atoms with Gasteiger partial charge in [-0.2, -0.15) is 0 Å². The number of nitrogens with one attached hydrogen (secondary N) is 1. The highest BCUT2D eigenvalue weighted by molar-refractivity contribution is 5.97. The van der Waals surface area contributed by atoms with Crippen LogP contribution in [0.15, 0.2) is 71.7 Å². The summed E-state index contributed by atoms with van der Waals surface area (Å²) in [5, 5.41) is 8.50. The van der Waals surface area contributed by atoms with Crippen LogP contribution < -0.4 is 0 Å². The zero-order valence-electron chi connectivity index (χ0n) is 25.7. The van der Waals surface area contributed by atoms with Crippen LogP contribution in [0.2, 0.25) is 0 Å². The van der Waals surface area contributed by atoms with Gasteiger partial charge >= 0.3 is 0 Å². The maximum Gasteiger partial charge on any atom is 0.128 e. The van der Waals surface area contributed by atoms with Crippen LogP contribution in [0.25, 0.3) is 11.1 Å². The fourth-order valence-corrected chi connectivity index (χ4v) is 6.95. The lowest BCUT2D eigenvalue weighted by Gasteiger charge is -2.32. The van der Waals surface area contributed by atoms with Gasteiger partial charge in [0.25, 0.3) is 0 Å². The van der Waals surface area contributed by atoms with E-state index in [2.05, 4.69) is 65.5 Å². The number of allylic oxidation sites excluding steroid dienone is 10. The van der Waals surface area contributed by atoms with Crippen molar-refractivity contribution in [1.29, 1.82) is 5.41 Å². The number of aromatic nitrogens is 1. The molecule has 1 aromatic rings. The number of aryl methyl sites for hydroxylation is 1. The zero-order chi connectivity index (χ0) is 29.3. The molecular formula is C37H47FN2O. The van der Waals surface area contributed by atoms with Crippen molar-refractivity contribution in [2.75, 3.05) is 6.61 Å². The molecule has 218 valence electrons. The van der Waals surface area contributed by atoms with Gasteiger partial charge in [0, 0.05) is 34.5 Å². The lowest BCUT2D eigenvalue weighted by Crippen LogP contribution is -2.27. The first kappa shape index (κ1) is 29.5. The fraction of sp³-hybridized carbons (Fsp3) is 0.514. The Labute approximate surface area is 246 Å². The van der Waals surface area contributed by atoms with Crippen LogP contribution in [-0.2, 0) is 11.2 Å². The summed E-state index contributed by atoms with van der Waals surface area (Å²) in [5.41, 5.74) is 9.09. The maximum atomic E-state index is 14.7. The van der Waals surface area contributed by atoms with Crippen molar-refractivity contribution >= 4 is 16.9 Å². The van der Waals surface area contributed by atoms with Gasteiger partial charge in [0.05, 0.1) is 5.69 Å². The summed E-state index contributed by atoms with van der Waals surface area (Å²) < 4.78 is 20.7. The second-order valence-corrected chi connectivity index (χ2v) is 13.1. The zero-order valence-corrected chi connectivity index (χ0v) is 25.7. The van der Waals surface area contributed by atoms with Gasteiger partial charge in [0.1, 0.15) is 18.0 Å². The molecule has 3 nitrogen and oxygen atoms in total. The largest absolute Gasteiger partial charge is 0.493 e. The molecule has 5 rings (SSSR count). The van der Waals surface area contributed by atoms with Gasteiger partial charge in [-0.1, -0.05) is 44.7 Å². The highest BCUT2D eigenvalue weighted by Crippen LogP contribution is 2.41. The SMILES string of the molecule is C=CC1(F)CCC(CCC2C=C(C3=CC(C)C(C)C(=N)C=C3)c3ncc(C4=C(C)OCC(C)=C4C)cc3CC2)CC1. The van der Waals surface area contributed by atoms with E-state index < -0.39 is 5.67 Å². The van der Waals surface area contributed by atoms with Crippen molar-refractivity contribution in [3.63, 3.8) is 0 Å². The summed E-state index contributed by atoms with van der Waals surface area (Å²) in [7, 11) is 0. The second-order valence-electron chi connectivity index (χ2n) is 13.1. The molecule has 3 unspecified atom stereocenters. The lowest BCUT2D eigenvalue weighted by atomic mass is 9.77. The average Bonchev–Trinajstić information content (AvgIpc) is 3.22. The highest BCUT2D eigenvalue weighted by Gasteiger charge is 2.33. The molecule has 4 heteroatoms. The molecule has 4 aliphatic rings. The molecule has 1 fully saturated rings. The Morgan fingerprint density at radius 2 is 1.85 bits per heavy atom. The van der Waals surface area contributed by atoms with Gasteiger partial charge in [-0.3, -0.25) is 4.98 Å². The molecule has 3 aliphatic carbocycles. The smallest absolute Gasteiger partial charge is 0.128 e. The minimum atomic E-state index is -1.17. The average molecular weight is 555 g/mol. The standard InChI is InChI=1S/C37H47FN2O/c1-7-37(38)16-14-28(15-17-37)8-9-29-10-11-31-20-32(35-26(5)24(3)22-41-27(35)6)21-40-36(31)33(19-29)30-12-13-34(39)25(4)23(2)18-30/h7,12-13,18-21,23,25,28-29,39H,1,8-11,14-17,22H2,2-6H3. The van der Waals surface area contributed by atoms with Crippen molar-refractivity contribution < 1.29 is 9.13 Å². The molecule has 0 saturated heterocycles. The molecule has 0 aromatic carbocycles. The number of halogens is 1. The van der Waals surface area contributed by atoms with E-state index in [1.807, 2.05) is 12.3 Å². The van der Waals surface area contributed by atoms with E-state index in [1.54, 1.807) is 0 Å². The number of alkyl halides is 1. The van der Waals surface area contributed by atoms with E-state index in [1.165, 1.54) is 39.5 Å². The number of nitrogens with zero attached hydrogens (tertiary/aromatic N) is 1. The van der Waals surface area contributed by atoms with Crippen molar-refractivity contribution in [2.24, 2.45) is 23.7 Å². The first-order valence-electron chi connectivity index (χ1n) is 15.6. The normalized spacial score (nSPS) is 30.6. The van der Waals surface area contributed by atoms with E-state index in [0.29, 0.717) is 37.0 Å². The molecular weight excluding hydrogens is 507 g/mol. The molecule has 2 heterocycles. The van der Waals surface area contributed by atoms with E-state index in [0.717, 1.165) is 55.5 Å². The Balaban J connectivity index is 1.47. The van der Waals surface area contributed by atoms with Crippen LogP contribution >= 0.6 is 0 Å². The van der Waals surface area contributed by atoms with Gasteiger partial charge in [0.15, 0.2) is 0 Å². The monoisotopic (exact) mass is 554 g/mol. The summed E-state index contributed by atoms with van der Waals surface area (Å²) in [6, 6.07) is 2.34. The second kappa shape index (κ2) is 12.1. The molecule has 1 N–H and O–H groups in total. The molecule has 0 spiro atoms. The number of ether oxygens (including phenoxy) is 1. The maximum absolute atomic E-state index is 14.7. The highest BCUT2D eigenvalue weighted by atomic mass is 19.1. The Morgan fingerprint density at radius 1 is 1.10 bits per heavy atom. The molecule has 3 atom stereocenters. The number of hydrogen-bond acceptors (Lipinski definition) is 3. The Morgan fingerprint density at radius 3 is 2.59 bits per heavy atom. The first-order valence-corrected chi connectivity index (χ1v) is 15.6. The van der Waals surface area contributed by atoms with E-state index in [9.17, 15) is 4.39 Å². The molecule has 0 amide bonds. The van der Waals surface area contributed by atoms with Crippen molar-refractivity contribution in [2.45, 2.75) is 91.7 Å². The van der Waals surface area contributed by atoms with Crippen LogP contribution in [0.5, 0.6) is 0 Å². The molecule has 1 aliphatic heterocycles. The fourth-order valence-electron chi connectivity index (χ4n) is 6.95. The van der Waals surface area contributed by atoms with Crippen LogP contribution in [-0.4, -0.2) is 23.0 Å².